The molecule has 1 aliphatic rings. The molecule has 2 rings (SSSR count). The molecule has 0 aliphatic heterocycles. The van der Waals surface area contributed by atoms with Crippen LogP contribution in [-0.2, 0) is 4.79 Å². The molecule has 0 aromatic heterocycles. The summed E-state index contributed by atoms with van der Waals surface area (Å²) in [6, 6.07) is 2.50. The Bertz CT molecular complexity index is 578. The van der Waals surface area contributed by atoms with Gasteiger partial charge >= 0.3 is 0 Å². The first-order valence-corrected chi connectivity index (χ1v) is 8.45. The second-order valence-corrected chi connectivity index (χ2v) is 6.64. The van der Waals surface area contributed by atoms with E-state index < -0.39 is 29.1 Å². The summed E-state index contributed by atoms with van der Waals surface area (Å²) in [7, 11) is 0. The minimum Gasteiger partial charge on any atom is -0.352 e. The highest BCUT2D eigenvalue weighted by Gasteiger charge is 2.28. The summed E-state index contributed by atoms with van der Waals surface area (Å²) in [4.78, 5) is 24.7. The number of halogens is 2. The van der Waals surface area contributed by atoms with E-state index in [9.17, 15) is 18.4 Å². The van der Waals surface area contributed by atoms with Crippen LogP contribution in [0.15, 0.2) is 18.2 Å². The van der Waals surface area contributed by atoms with E-state index in [4.69, 9.17) is 0 Å². The fourth-order valence-electron chi connectivity index (χ4n) is 3.00. The van der Waals surface area contributed by atoms with E-state index in [-0.39, 0.29) is 17.9 Å². The topological polar surface area (TPSA) is 58.2 Å². The second kappa shape index (κ2) is 8.22. The van der Waals surface area contributed by atoms with Crippen molar-refractivity contribution >= 4 is 11.8 Å². The Morgan fingerprint density at radius 1 is 1.08 bits per heavy atom. The highest BCUT2D eigenvalue weighted by atomic mass is 19.1. The number of carbonyl (C=O) groups is 2. The predicted octanol–water partition coefficient (Wildman–Crippen LogP) is 3.17. The molecule has 0 radical (unpaired) electrons. The zero-order chi connectivity index (χ0) is 17.7. The molecule has 0 saturated heterocycles. The number of hydrogen-bond acceptors (Lipinski definition) is 2. The molecule has 1 atom stereocenters. The second-order valence-electron chi connectivity index (χ2n) is 6.64. The molecular weight excluding hydrogens is 314 g/mol. The standard InChI is InChI=1S/C18H24F2N2O2/c1-11(2)16(18(24)21-12-7-4-3-5-8-12)22-17(23)15-13(19)9-6-10-14(15)20/h6,9-12,16H,3-5,7-8H2,1-2H3,(H,21,24)(H,22,23). The number of rotatable bonds is 5. The lowest BCUT2D eigenvalue weighted by molar-refractivity contribution is -0.124. The van der Waals surface area contributed by atoms with Gasteiger partial charge in [0.2, 0.25) is 5.91 Å². The number of benzene rings is 1. The van der Waals surface area contributed by atoms with Gasteiger partial charge in [0.15, 0.2) is 0 Å². The lowest BCUT2D eigenvalue weighted by atomic mass is 9.94. The van der Waals surface area contributed by atoms with Crippen LogP contribution in [0.3, 0.4) is 0 Å². The van der Waals surface area contributed by atoms with Gasteiger partial charge in [0, 0.05) is 6.04 Å². The van der Waals surface area contributed by atoms with Crippen molar-refractivity contribution in [2.45, 2.75) is 58.0 Å². The van der Waals surface area contributed by atoms with Gasteiger partial charge in [0.1, 0.15) is 23.2 Å². The Kier molecular flexibility index (Phi) is 6.29. The van der Waals surface area contributed by atoms with Crippen LogP contribution in [0.1, 0.15) is 56.3 Å². The molecule has 1 aromatic carbocycles. The highest BCUT2D eigenvalue weighted by molar-refractivity contribution is 5.98. The fraction of sp³-hybridized carbons (Fsp3) is 0.556. The normalized spacial score (nSPS) is 16.7. The summed E-state index contributed by atoms with van der Waals surface area (Å²) in [6.07, 6.45) is 5.16. The van der Waals surface area contributed by atoms with Crippen LogP contribution >= 0.6 is 0 Å². The first-order chi connectivity index (χ1) is 11.4. The Balaban J connectivity index is 2.07. The van der Waals surface area contributed by atoms with E-state index in [1.54, 1.807) is 13.8 Å². The average Bonchev–Trinajstić information content (AvgIpc) is 2.53. The van der Waals surface area contributed by atoms with Crippen LogP contribution < -0.4 is 10.6 Å². The van der Waals surface area contributed by atoms with E-state index >= 15 is 0 Å². The van der Waals surface area contributed by atoms with E-state index in [2.05, 4.69) is 10.6 Å². The predicted molar refractivity (Wildman–Crippen MR) is 87.5 cm³/mol. The Morgan fingerprint density at radius 2 is 1.67 bits per heavy atom. The van der Waals surface area contributed by atoms with Crippen molar-refractivity contribution in [3.63, 3.8) is 0 Å². The maximum Gasteiger partial charge on any atom is 0.257 e. The van der Waals surface area contributed by atoms with E-state index in [1.165, 1.54) is 12.5 Å². The molecule has 1 fully saturated rings. The van der Waals surface area contributed by atoms with Gasteiger partial charge in [-0.1, -0.05) is 39.2 Å². The summed E-state index contributed by atoms with van der Waals surface area (Å²) in [5, 5.41) is 5.42. The molecule has 1 aliphatic carbocycles. The molecule has 4 nitrogen and oxygen atoms in total. The lowest BCUT2D eigenvalue weighted by Crippen LogP contribution is -2.52. The number of carbonyl (C=O) groups excluding carboxylic acids is 2. The summed E-state index contributed by atoms with van der Waals surface area (Å²) >= 11 is 0. The SMILES string of the molecule is CC(C)C(NC(=O)c1c(F)cccc1F)C(=O)NC1CCCCC1. The number of nitrogens with one attached hydrogen (secondary N) is 2. The largest absolute Gasteiger partial charge is 0.352 e. The van der Waals surface area contributed by atoms with Gasteiger partial charge in [-0.3, -0.25) is 9.59 Å². The van der Waals surface area contributed by atoms with Gasteiger partial charge in [0.05, 0.1) is 0 Å². The molecule has 1 unspecified atom stereocenters. The Hall–Kier alpha value is -1.98. The molecule has 24 heavy (non-hydrogen) atoms. The minimum atomic E-state index is -0.942. The van der Waals surface area contributed by atoms with Crippen LogP contribution in [0.25, 0.3) is 0 Å². The molecule has 132 valence electrons. The number of amides is 2. The summed E-state index contributed by atoms with van der Waals surface area (Å²) in [5.74, 6) is -3.30. The van der Waals surface area contributed by atoms with Crippen molar-refractivity contribution in [3.05, 3.63) is 35.4 Å². The molecule has 2 N–H and O–H groups in total. The summed E-state index contributed by atoms with van der Waals surface area (Å²) in [6.45, 7) is 3.56. The zero-order valence-corrected chi connectivity index (χ0v) is 14.1. The van der Waals surface area contributed by atoms with Crippen molar-refractivity contribution in [1.82, 2.24) is 10.6 Å². The van der Waals surface area contributed by atoms with Crippen LogP contribution in [0.4, 0.5) is 8.78 Å². The van der Waals surface area contributed by atoms with Crippen molar-refractivity contribution in [1.29, 1.82) is 0 Å². The smallest absolute Gasteiger partial charge is 0.257 e. The third kappa shape index (κ3) is 4.52. The average molecular weight is 338 g/mol. The molecule has 1 saturated carbocycles. The van der Waals surface area contributed by atoms with Gasteiger partial charge in [-0.25, -0.2) is 8.78 Å². The van der Waals surface area contributed by atoms with Crippen molar-refractivity contribution in [2.24, 2.45) is 5.92 Å². The van der Waals surface area contributed by atoms with E-state index in [0.29, 0.717) is 0 Å². The quantitative estimate of drug-likeness (QED) is 0.866. The monoisotopic (exact) mass is 338 g/mol. The van der Waals surface area contributed by atoms with Gasteiger partial charge in [0.25, 0.3) is 5.91 Å². The fourth-order valence-corrected chi connectivity index (χ4v) is 3.00. The first kappa shape index (κ1) is 18.4. The van der Waals surface area contributed by atoms with Crippen LogP contribution in [-0.4, -0.2) is 23.9 Å². The third-order valence-corrected chi connectivity index (χ3v) is 4.38. The lowest BCUT2D eigenvalue weighted by Gasteiger charge is -2.27. The highest BCUT2D eigenvalue weighted by Crippen LogP contribution is 2.18. The molecule has 0 bridgehead atoms. The van der Waals surface area contributed by atoms with Gasteiger partial charge in [-0.2, -0.15) is 0 Å². The summed E-state index contributed by atoms with van der Waals surface area (Å²) in [5.41, 5.74) is -0.659. The molecule has 0 heterocycles. The Morgan fingerprint density at radius 3 is 2.21 bits per heavy atom. The molecule has 6 heteroatoms. The van der Waals surface area contributed by atoms with Crippen molar-refractivity contribution in [2.75, 3.05) is 0 Å². The zero-order valence-electron chi connectivity index (χ0n) is 14.1. The third-order valence-electron chi connectivity index (χ3n) is 4.38. The van der Waals surface area contributed by atoms with Crippen LogP contribution in [0.2, 0.25) is 0 Å². The van der Waals surface area contributed by atoms with Gasteiger partial charge < -0.3 is 10.6 Å². The van der Waals surface area contributed by atoms with E-state index in [1.807, 2.05) is 0 Å². The molecule has 1 aromatic rings. The van der Waals surface area contributed by atoms with Crippen LogP contribution in [0, 0.1) is 17.6 Å². The van der Waals surface area contributed by atoms with Crippen molar-refractivity contribution in [3.8, 4) is 0 Å². The minimum absolute atomic E-state index is 0.106. The molecule has 0 spiro atoms. The Labute approximate surface area is 141 Å². The van der Waals surface area contributed by atoms with Gasteiger partial charge in [-0.15, -0.1) is 0 Å². The first-order valence-electron chi connectivity index (χ1n) is 8.45. The van der Waals surface area contributed by atoms with E-state index in [0.717, 1.165) is 37.8 Å². The maximum atomic E-state index is 13.7. The maximum absolute atomic E-state index is 13.7. The van der Waals surface area contributed by atoms with Crippen LogP contribution in [0.5, 0.6) is 0 Å². The molecule has 2 amide bonds. The summed E-state index contributed by atoms with van der Waals surface area (Å²) < 4.78 is 27.4. The molecular formula is C18H24F2N2O2. The number of hydrogen-bond donors (Lipinski definition) is 2. The van der Waals surface area contributed by atoms with Crippen molar-refractivity contribution < 1.29 is 18.4 Å². The van der Waals surface area contributed by atoms with Gasteiger partial charge in [-0.05, 0) is 30.9 Å².